The minimum atomic E-state index is 0.836. The molecule has 1 aromatic carbocycles. The minimum Gasteiger partial charge on any atom is -0.493 e. The monoisotopic (exact) mass is 406 g/mol. The Kier molecular flexibility index (Phi) is 7.01. The summed E-state index contributed by atoms with van der Waals surface area (Å²) in [6, 6.07) is 6.71. The van der Waals surface area contributed by atoms with Crippen LogP contribution < -0.4 is 19.9 Å². The first-order valence-corrected chi connectivity index (χ1v) is 11.2. The Morgan fingerprint density at radius 3 is 2.71 bits per heavy atom. The summed E-state index contributed by atoms with van der Waals surface area (Å²) < 4.78 is 11.0. The summed E-state index contributed by atoms with van der Waals surface area (Å²) in [5.41, 5.74) is 2.80. The number of thiocarbonyl (C=S) groups is 1. The number of benzene rings is 1. The maximum Gasteiger partial charge on any atom is 0.169 e. The molecule has 0 spiro atoms. The van der Waals surface area contributed by atoms with E-state index in [-0.39, 0.29) is 0 Å². The molecule has 0 radical (unpaired) electrons. The van der Waals surface area contributed by atoms with Gasteiger partial charge in [0.15, 0.2) is 5.11 Å². The Bertz CT molecular complexity index is 658. The second kappa shape index (κ2) is 9.87. The largest absolute Gasteiger partial charge is 0.493 e. The van der Waals surface area contributed by atoms with E-state index in [9.17, 15) is 0 Å². The van der Waals surface area contributed by atoms with Gasteiger partial charge < -0.3 is 29.5 Å². The van der Waals surface area contributed by atoms with Crippen LogP contribution in [-0.4, -0.2) is 82.2 Å². The number of rotatable bonds is 6. The van der Waals surface area contributed by atoms with Crippen LogP contribution in [0.5, 0.6) is 5.75 Å². The molecule has 4 rings (SSSR count). The first kappa shape index (κ1) is 19.9. The van der Waals surface area contributed by atoms with Gasteiger partial charge in [0, 0.05) is 24.9 Å². The lowest BCUT2D eigenvalue weighted by molar-refractivity contribution is -0.917. The third kappa shape index (κ3) is 5.35. The smallest absolute Gasteiger partial charge is 0.169 e. The predicted octanol–water partition coefficient (Wildman–Crippen LogP) is -1.50. The zero-order valence-electron chi connectivity index (χ0n) is 16.8. The van der Waals surface area contributed by atoms with E-state index >= 15 is 0 Å². The molecule has 0 atom stereocenters. The number of piperazine rings is 1. The molecule has 3 aliphatic heterocycles. The van der Waals surface area contributed by atoms with Crippen LogP contribution in [0.1, 0.15) is 17.5 Å². The lowest BCUT2D eigenvalue weighted by atomic mass is 10.1. The SMILES string of the molecule is S=C(NCCC[NH+]1CCOCC1)N1CC[NH+](Cc2ccc3c(c2)CCO3)CC1. The van der Waals surface area contributed by atoms with Crippen LogP contribution in [0.3, 0.4) is 0 Å². The fourth-order valence-electron chi connectivity index (χ4n) is 4.40. The standard InChI is InChI=1S/C21H32N4O2S/c28-21(22-5-1-6-23-11-14-26-15-12-23)25-9-7-24(8-10-25)17-18-2-3-20-19(16-18)4-13-27-20/h2-3,16H,1,4-15,17H2,(H,22,28)/p+2. The number of quaternary nitrogens is 2. The summed E-state index contributed by atoms with van der Waals surface area (Å²) >= 11 is 5.63. The summed E-state index contributed by atoms with van der Waals surface area (Å²) in [4.78, 5) is 5.65. The molecule has 3 N–H and O–H groups in total. The van der Waals surface area contributed by atoms with Gasteiger partial charge in [-0.3, -0.25) is 0 Å². The molecule has 1 aromatic rings. The summed E-state index contributed by atoms with van der Waals surface area (Å²) in [7, 11) is 0. The average Bonchev–Trinajstić information content (AvgIpc) is 3.20. The van der Waals surface area contributed by atoms with Crippen LogP contribution >= 0.6 is 12.2 Å². The van der Waals surface area contributed by atoms with Gasteiger partial charge in [-0.2, -0.15) is 0 Å². The van der Waals surface area contributed by atoms with Gasteiger partial charge in [0.05, 0.1) is 52.5 Å². The van der Waals surface area contributed by atoms with Crippen LogP contribution in [0, 0.1) is 0 Å². The van der Waals surface area contributed by atoms with Crippen molar-refractivity contribution in [3.63, 3.8) is 0 Å². The Hall–Kier alpha value is -1.41. The Morgan fingerprint density at radius 2 is 1.89 bits per heavy atom. The maximum atomic E-state index is 5.63. The molecule has 154 valence electrons. The number of hydrogen-bond donors (Lipinski definition) is 3. The normalized spacial score (nSPS) is 20.6. The number of nitrogens with zero attached hydrogens (tertiary/aromatic N) is 1. The van der Waals surface area contributed by atoms with E-state index in [0.717, 1.165) is 89.5 Å². The highest BCUT2D eigenvalue weighted by molar-refractivity contribution is 7.80. The maximum absolute atomic E-state index is 5.63. The molecule has 7 heteroatoms. The molecule has 6 nitrogen and oxygen atoms in total. The van der Waals surface area contributed by atoms with Gasteiger partial charge in [-0.15, -0.1) is 0 Å². The van der Waals surface area contributed by atoms with Gasteiger partial charge >= 0.3 is 0 Å². The molecule has 0 bridgehead atoms. The van der Waals surface area contributed by atoms with Gasteiger partial charge in [-0.1, -0.05) is 0 Å². The second-order valence-corrected chi connectivity index (χ2v) is 8.54. The van der Waals surface area contributed by atoms with Gasteiger partial charge in [0.1, 0.15) is 25.4 Å². The molecule has 2 saturated heterocycles. The molecule has 2 fully saturated rings. The second-order valence-electron chi connectivity index (χ2n) is 8.15. The number of nitrogens with one attached hydrogen (secondary N) is 3. The quantitative estimate of drug-likeness (QED) is 0.397. The first-order valence-electron chi connectivity index (χ1n) is 10.8. The van der Waals surface area contributed by atoms with Gasteiger partial charge in [-0.05, 0) is 36.0 Å². The molecular weight excluding hydrogens is 372 g/mol. The van der Waals surface area contributed by atoms with Crippen molar-refractivity contribution in [1.29, 1.82) is 0 Å². The fraction of sp³-hybridized carbons (Fsp3) is 0.667. The van der Waals surface area contributed by atoms with Crippen molar-refractivity contribution in [2.45, 2.75) is 19.4 Å². The molecule has 0 aromatic heterocycles. The Balaban J connectivity index is 1.13. The Labute approximate surface area is 173 Å². The van der Waals surface area contributed by atoms with Gasteiger partial charge in [0.2, 0.25) is 0 Å². The predicted molar refractivity (Wildman–Crippen MR) is 113 cm³/mol. The van der Waals surface area contributed by atoms with Crippen molar-refractivity contribution in [3.05, 3.63) is 29.3 Å². The van der Waals surface area contributed by atoms with Crippen molar-refractivity contribution >= 4 is 17.3 Å². The van der Waals surface area contributed by atoms with Crippen LogP contribution in [0.2, 0.25) is 0 Å². The topological polar surface area (TPSA) is 42.6 Å². The van der Waals surface area contributed by atoms with E-state index in [1.165, 1.54) is 24.1 Å². The Morgan fingerprint density at radius 1 is 1.07 bits per heavy atom. The summed E-state index contributed by atoms with van der Waals surface area (Å²) in [6.07, 6.45) is 2.22. The van der Waals surface area contributed by atoms with Crippen LogP contribution in [0.25, 0.3) is 0 Å². The minimum absolute atomic E-state index is 0.836. The number of ether oxygens (including phenoxy) is 2. The van der Waals surface area contributed by atoms with Crippen molar-refractivity contribution in [2.24, 2.45) is 0 Å². The molecule has 0 unspecified atom stereocenters. The zero-order valence-corrected chi connectivity index (χ0v) is 17.6. The lowest BCUT2D eigenvalue weighted by Gasteiger charge is -2.34. The van der Waals surface area contributed by atoms with Crippen LogP contribution in [0.15, 0.2) is 18.2 Å². The van der Waals surface area contributed by atoms with Gasteiger partial charge in [0.25, 0.3) is 0 Å². The first-order chi connectivity index (χ1) is 13.8. The highest BCUT2D eigenvalue weighted by Crippen LogP contribution is 2.25. The van der Waals surface area contributed by atoms with Crippen molar-refractivity contribution in [3.8, 4) is 5.75 Å². The van der Waals surface area contributed by atoms with Crippen molar-refractivity contribution in [1.82, 2.24) is 10.2 Å². The third-order valence-electron chi connectivity index (χ3n) is 6.15. The summed E-state index contributed by atoms with van der Waals surface area (Å²) in [5, 5.41) is 4.41. The van der Waals surface area contributed by atoms with Crippen LogP contribution in [-0.2, 0) is 17.7 Å². The van der Waals surface area contributed by atoms with Crippen molar-refractivity contribution in [2.75, 3.05) is 72.2 Å². The van der Waals surface area contributed by atoms with E-state index < -0.39 is 0 Å². The molecule has 0 aliphatic carbocycles. The summed E-state index contributed by atoms with van der Waals surface area (Å²) in [5.74, 6) is 1.08. The molecule has 0 amide bonds. The molecule has 0 saturated carbocycles. The molecule has 3 aliphatic rings. The van der Waals surface area contributed by atoms with E-state index in [2.05, 4.69) is 28.4 Å². The lowest BCUT2D eigenvalue weighted by Crippen LogP contribution is -3.14. The van der Waals surface area contributed by atoms with E-state index in [1.54, 1.807) is 9.80 Å². The number of morpholine rings is 1. The van der Waals surface area contributed by atoms with E-state index in [4.69, 9.17) is 21.7 Å². The number of hydrogen-bond acceptors (Lipinski definition) is 3. The zero-order chi connectivity index (χ0) is 19.2. The van der Waals surface area contributed by atoms with Gasteiger partial charge in [-0.25, -0.2) is 0 Å². The van der Waals surface area contributed by atoms with E-state index in [1.807, 2.05) is 0 Å². The van der Waals surface area contributed by atoms with Crippen LogP contribution in [0.4, 0.5) is 0 Å². The number of fused-ring (bicyclic) bond motifs is 1. The molecule has 3 heterocycles. The molecule has 28 heavy (non-hydrogen) atoms. The highest BCUT2D eigenvalue weighted by atomic mass is 32.1. The summed E-state index contributed by atoms with van der Waals surface area (Å²) in [6.45, 7) is 12.6. The average molecular weight is 407 g/mol. The highest BCUT2D eigenvalue weighted by Gasteiger charge is 2.22. The third-order valence-corrected chi connectivity index (χ3v) is 6.55. The van der Waals surface area contributed by atoms with Crippen molar-refractivity contribution < 1.29 is 19.3 Å². The van der Waals surface area contributed by atoms with E-state index in [0.29, 0.717) is 0 Å². The fourth-order valence-corrected chi connectivity index (χ4v) is 4.68. The molecular formula is C21H34N4O2S+2.